The summed E-state index contributed by atoms with van der Waals surface area (Å²) in [6, 6.07) is 6.06. The smallest absolute Gasteiger partial charge is 0.303 e. The van der Waals surface area contributed by atoms with E-state index < -0.39 is 29.1 Å². The average Bonchev–Trinajstić information content (AvgIpc) is 3.52. The first kappa shape index (κ1) is 33.5. The number of nitrogens with one attached hydrogen (secondary N) is 2. The number of amides is 1. The number of benzene rings is 1. The van der Waals surface area contributed by atoms with Gasteiger partial charge in [-0.05, 0) is 36.6 Å². The van der Waals surface area contributed by atoms with Gasteiger partial charge in [-0.2, -0.15) is 9.49 Å². The third-order valence-corrected chi connectivity index (χ3v) is 7.61. The molecule has 0 fully saturated rings. The zero-order valence-corrected chi connectivity index (χ0v) is 26.2. The predicted molar refractivity (Wildman–Crippen MR) is 164 cm³/mol. The quantitative estimate of drug-likeness (QED) is 0.153. The first-order chi connectivity index (χ1) is 21.3. The predicted octanol–water partition coefficient (Wildman–Crippen LogP) is 4.09. The molecule has 4 N–H and O–H groups in total. The van der Waals surface area contributed by atoms with Crippen molar-refractivity contribution in [3.63, 3.8) is 0 Å². The summed E-state index contributed by atoms with van der Waals surface area (Å²) in [5.41, 5.74) is 4.15. The lowest BCUT2D eigenvalue weighted by molar-refractivity contribution is -0.138. The molecule has 1 amide bonds. The summed E-state index contributed by atoms with van der Waals surface area (Å²) < 4.78 is 39.1. The highest BCUT2D eigenvalue weighted by Gasteiger charge is 2.30. The number of carbonyl (C=O) groups is 2. The maximum absolute atomic E-state index is 15.2. The van der Waals surface area contributed by atoms with Crippen LogP contribution in [0.25, 0.3) is 16.8 Å². The molecule has 0 spiro atoms. The molecular formula is C32H40F2N6O5. The first-order valence-electron chi connectivity index (χ1n) is 14.7. The molecule has 242 valence electrons. The molecule has 3 heterocycles. The van der Waals surface area contributed by atoms with Crippen LogP contribution < -0.4 is 15.4 Å². The fourth-order valence-electron chi connectivity index (χ4n) is 4.91. The van der Waals surface area contributed by atoms with Crippen LogP contribution in [0.3, 0.4) is 0 Å². The fraction of sp³-hybridized carbons (Fsp3) is 0.438. The molecule has 0 saturated heterocycles. The van der Waals surface area contributed by atoms with Gasteiger partial charge in [0.15, 0.2) is 11.6 Å². The van der Waals surface area contributed by atoms with E-state index in [0.717, 1.165) is 23.0 Å². The van der Waals surface area contributed by atoms with Crippen LogP contribution in [-0.4, -0.2) is 61.0 Å². The number of aliphatic hydroxyl groups excluding tert-OH is 1. The van der Waals surface area contributed by atoms with Gasteiger partial charge < -0.3 is 30.0 Å². The van der Waals surface area contributed by atoms with Gasteiger partial charge in [0.25, 0.3) is 0 Å². The van der Waals surface area contributed by atoms with Crippen molar-refractivity contribution < 1.29 is 33.3 Å². The monoisotopic (exact) mass is 626 g/mol. The van der Waals surface area contributed by atoms with Gasteiger partial charge in [0.05, 0.1) is 30.6 Å². The minimum Gasteiger partial charge on any atom is -0.489 e. The number of halogens is 2. The number of rotatable bonds is 14. The van der Waals surface area contributed by atoms with E-state index in [1.807, 2.05) is 32.1 Å². The summed E-state index contributed by atoms with van der Waals surface area (Å²) >= 11 is 0. The van der Waals surface area contributed by atoms with Gasteiger partial charge >= 0.3 is 5.97 Å². The second kappa shape index (κ2) is 14.2. The average molecular weight is 627 g/mol. The van der Waals surface area contributed by atoms with Gasteiger partial charge in [-0.3, -0.25) is 14.3 Å². The molecule has 0 aliphatic heterocycles. The van der Waals surface area contributed by atoms with E-state index in [-0.39, 0.29) is 31.1 Å². The van der Waals surface area contributed by atoms with Gasteiger partial charge in [0.1, 0.15) is 11.8 Å². The molecular weight excluding hydrogens is 586 g/mol. The maximum Gasteiger partial charge on any atom is 0.303 e. The number of ether oxygens (including phenoxy) is 1. The third-order valence-electron chi connectivity index (χ3n) is 7.61. The van der Waals surface area contributed by atoms with Gasteiger partial charge in [-0.1, -0.05) is 20.8 Å². The number of carboxylic acids is 1. The number of fused-ring (bicyclic) bond motifs is 1. The third kappa shape index (κ3) is 8.03. The topological polar surface area (TPSA) is 143 Å². The van der Waals surface area contributed by atoms with E-state index in [9.17, 15) is 19.1 Å². The molecule has 0 aliphatic rings. The van der Waals surface area contributed by atoms with E-state index in [2.05, 4.69) is 20.7 Å². The first-order valence-corrected chi connectivity index (χ1v) is 14.7. The van der Waals surface area contributed by atoms with Crippen LogP contribution in [0.1, 0.15) is 62.4 Å². The Morgan fingerprint density at radius 3 is 2.58 bits per heavy atom. The Morgan fingerprint density at radius 2 is 1.87 bits per heavy atom. The van der Waals surface area contributed by atoms with Crippen molar-refractivity contribution in [2.24, 2.45) is 12.5 Å². The molecule has 0 radical (unpaired) electrons. The molecule has 45 heavy (non-hydrogen) atoms. The Bertz CT molecular complexity index is 1680. The SMILES string of the molecule is Cc1c(CCOc2c(-c3ccc4ncc(CNCCNC(=O)CCC(=O)O)n4c3)ccc(F)c2F)c(C(O)C(C)(C)C)nn1C. The lowest BCUT2D eigenvalue weighted by atomic mass is 9.85. The molecule has 4 rings (SSSR count). The molecule has 1 atom stereocenters. The minimum absolute atomic E-state index is 0.0269. The summed E-state index contributed by atoms with van der Waals surface area (Å²) in [6.45, 7) is 8.85. The lowest BCUT2D eigenvalue weighted by Gasteiger charge is -2.25. The van der Waals surface area contributed by atoms with E-state index in [0.29, 0.717) is 48.5 Å². The highest BCUT2D eigenvalue weighted by atomic mass is 19.2. The summed E-state index contributed by atoms with van der Waals surface area (Å²) in [6.07, 6.45) is 2.68. The Labute approximate surface area is 260 Å². The van der Waals surface area contributed by atoms with Gasteiger partial charge in [-0.15, -0.1) is 0 Å². The van der Waals surface area contributed by atoms with Crippen LogP contribution in [0.15, 0.2) is 36.7 Å². The number of aromatic nitrogens is 4. The second-order valence-corrected chi connectivity index (χ2v) is 12.0. The Morgan fingerprint density at radius 1 is 1.11 bits per heavy atom. The van der Waals surface area contributed by atoms with Crippen LogP contribution in [0.2, 0.25) is 0 Å². The van der Waals surface area contributed by atoms with Gasteiger partial charge in [-0.25, -0.2) is 9.37 Å². The summed E-state index contributed by atoms with van der Waals surface area (Å²) in [4.78, 5) is 26.7. The van der Waals surface area contributed by atoms with Crippen LogP contribution >= 0.6 is 0 Å². The summed E-state index contributed by atoms with van der Waals surface area (Å²) in [7, 11) is 1.79. The van der Waals surface area contributed by atoms with Crippen molar-refractivity contribution in [1.29, 1.82) is 0 Å². The lowest BCUT2D eigenvalue weighted by Crippen LogP contribution is -2.31. The van der Waals surface area contributed by atoms with Crippen LogP contribution in [0.4, 0.5) is 8.78 Å². The molecule has 1 aromatic carbocycles. The number of imidazole rings is 1. The maximum atomic E-state index is 15.2. The van der Waals surface area contributed by atoms with Gasteiger partial charge in [0, 0.05) is 68.1 Å². The highest BCUT2D eigenvalue weighted by molar-refractivity contribution is 5.80. The number of hydrogen-bond acceptors (Lipinski definition) is 7. The van der Waals surface area contributed by atoms with Crippen LogP contribution in [-0.2, 0) is 29.6 Å². The minimum atomic E-state index is -1.09. The van der Waals surface area contributed by atoms with Crippen molar-refractivity contribution in [2.75, 3.05) is 19.7 Å². The van der Waals surface area contributed by atoms with Crippen LogP contribution in [0.5, 0.6) is 5.75 Å². The highest BCUT2D eigenvalue weighted by Crippen LogP contribution is 2.36. The second-order valence-electron chi connectivity index (χ2n) is 12.0. The molecule has 11 nitrogen and oxygen atoms in total. The molecule has 3 aromatic heterocycles. The molecule has 0 aliphatic carbocycles. The van der Waals surface area contributed by atoms with Crippen molar-refractivity contribution >= 4 is 17.5 Å². The number of aliphatic carboxylic acids is 1. The Balaban J connectivity index is 1.48. The van der Waals surface area contributed by atoms with Crippen LogP contribution in [0, 0.1) is 24.0 Å². The van der Waals surface area contributed by atoms with Crippen molar-refractivity contribution in [2.45, 2.75) is 59.6 Å². The Kier molecular flexibility index (Phi) is 10.6. The molecule has 0 bridgehead atoms. The molecule has 13 heteroatoms. The molecule has 4 aromatic rings. The number of nitrogens with zero attached hydrogens (tertiary/aromatic N) is 4. The molecule has 0 saturated carbocycles. The normalized spacial score (nSPS) is 12.4. The standard InChI is InChI=1S/C32H40F2N6O5/c1-19-22(29(38-39(19)5)31(44)32(2,3)4)12-15-45-30-23(7-8-24(33)28(30)34)20-6-9-25-37-17-21(40(25)18-20)16-35-13-14-36-26(41)10-11-27(42)43/h6-9,17-18,31,35,44H,10-16H2,1-5H3,(H,36,41)(H,42,43). The summed E-state index contributed by atoms with van der Waals surface area (Å²) in [5, 5.41) is 30.0. The van der Waals surface area contributed by atoms with Gasteiger partial charge in [0.2, 0.25) is 11.7 Å². The molecule has 1 unspecified atom stereocenters. The number of aliphatic hydroxyl groups is 1. The number of pyridine rings is 1. The number of carboxylic acid groups (broad SMARTS) is 1. The Hall–Kier alpha value is -4.36. The van der Waals surface area contributed by atoms with E-state index in [1.54, 1.807) is 36.3 Å². The number of carbonyl (C=O) groups excluding carboxylic acids is 1. The van der Waals surface area contributed by atoms with Crippen molar-refractivity contribution in [3.8, 4) is 16.9 Å². The summed E-state index contributed by atoms with van der Waals surface area (Å²) in [5.74, 6) is -3.70. The van der Waals surface area contributed by atoms with Crippen molar-refractivity contribution in [3.05, 3.63) is 70.9 Å². The van der Waals surface area contributed by atoms with E-state index in [4.69, 9.17) is 9.84 Å². The number of aryl methyl sites for hydroxylation is 1. The largest absolute Gasteiger partial charge is 0.489 e. The fourth-order valence-corrected chi connectivity index (χ4v) is 4.91. The zero-order chi connectivity index (χ0) is 32.9. The van der Waals surface area contributed by atoms with E-state index in [1.165, 1.54) is 6.07 Å². The number of hydrogen-bond donors (Lipinski definition) is 4. The van der Waals surface area contributed by atoms with Crippen molar-refractivity contribution in [1.82, 2.24) is 29.8 Å². The van der Waals surface area contributed by atoms with E-state index >= 15 is 4.39 Å². The zero-order valence-electron chi connectivity index (χ0n) is 26.2.